The van der Waals surface area contributed by atoms with E-state index in [1.807, 2.05) is 18.2 Å². The van der Waals surface area contributed by atoms with Crippen molar-refractivity contribution in [3.63, 3.8) is 0 Å². The summed E-state index contributed by atoms with van der Waals surface area (Å²) in [5.41, 5.74) is 4.47. The zero-order chi connectivity index (χ0) is 15.4. The van der Waals surface area contributed by atoms with Crippen molar-refractivity contribution in [2.24, 2.45) is 0 Å². The molecule has 1 atom stereocenters. The van der Waals surface area contributed by atoms with E-state index in [-0.39, 0.29) is 6.04 Å². The molecule has 112 valence electrons. The first kappa shape index (κ1) is 15.9. The summed E-state index contributed by atoms with van der Waals surface area (Å²) >= 11 is 6.46. The highest BCUT2D eigenvalue weighted by molar-refractivity contribution is 6.31. The van der Waals surface area contributed by atoms with Crippen molar-refractivity contribution >= 4 is 11.6 Å². The molecule has 1 N–H and O–H groups in total. The van der Waals surface area contributed by atoms with Gasteiger partial charge >= 0.3 is 0 Å². The van der Waals surface area contributed by atoms with Crippen molar-refractivity contribution < 1.29 is 4.74 Å². The largest absolute Gasteiger partial charge is 0.496 e. The minimum Gasteiger partial charge on any atom is -0.496 e. The smallest absolute Gasteiger partial charge is 0.126 e. The fourth-order valence-electron chi connectivity index (χ4n) is 2.51. The van der Waals surface area contributed by atoms with Gasteiger partial charge in [0.15, 0.2) is 0 Å². The molecule has 1 unspecified atom stereocenters. The second kappa shape index (κ2) is 6.97. The quantitative estimate of drug-likeness (QED) is 0.839. The SMILES string of the molecule is CCNC(C)c1ccc(-c2cc(C)ccc2OC)cc1Cl. The third kappa shape index (κ3) is 3.58. The lowest BCUT2D eigenvalue weighted by molar-refractivity contribution is 0.416. The highest BCUT2D eigenvalue weighted by atomic mass is 35.5. The van der Waals surface area contributed by atoms with Crippen LogP contribution in [0.15, 0.2) is 36.4 Å². The van der Waals surface area contributed by atoms with Gasteiger partial charge in [0.05, 0.1) is 7.11 Å². The second-order valence-electron chi connectivity index (χ2n) is 5.22. The number of nitrogens with one attached hydrogen (secondary N) is 1. The van der Waals surface area contributed by atoms with Crippen LogP contribution >= 0.6 is 11.6 Å². The van der Waals surface area contributed by atoms with Gasteiger partial charge in [0.2, 0.25) is 0 Å². The minimum atomic E-state index is 0.246. The van der Waals surface area contributed by atoms with Crippen LogP contribution in [0.2, 0.25) is 5.02 Å². The Morgan fingerprint density at radius 2 is 1.95 bits per heavy atom. The zero-order valence-corrected chi connectivity index (χ0v) is 13.8. The van der Waals surface area contributed by atoms with E-state index in [1.54, 1.807) is 7.11 Å². The van der Waals surface area contributed by atoms with Crippen LogP contribution in [-0.4, -0.2) is 13.7 Å². The van der Waals surface area contributed by atoms with Crippen molar-refractivity contribution in [2.75, 3.05) is 13.7 Å². The molecule has 2 aromatic rings. The summed E-state index contributed by atoms with van der Waals surface area (Å²) in [4.78, 5) is 0. The fourth-order valence-corrected chi connectivity index (χ4v) is 2.85. The van der Waals surface area contributed by atoms with Gasteiger partial charge in [-0.3, -0.25) is 0 Å². The maximum Gasteiger partial charge on any atom is 0.126 e. The average molecular weight is 304 g/mol. The molecule has 21 heavy (non-hydrogen) atoms. The van der Waals surface area contributed by atoms with E-state index in [0.29, 0.717) is 0 Å². The van der Waals surface area contributed by atoms with Gasteiger partial charge in [0, 0.05) is 16.6 Å². The van der Waals surface area contributed by atoms with Crippen molar-refractivity contribution in [3.05, 3.63) is 52.5 Å². The molecule has 0 aliphatic rings. The Kier molecular flexibility index (Phi) is 5.27. The molecule has 0 saturated carbocycles. The molecule has 2 rings (SSSR count). The van der Waals surface area contributed by atoms with E-state index in [9.17, 15) is 0 Å². The van der Waals surface area contributed by atoms with Gasteiger partial charge in [-0.1, -0.05) is 42.3 Å². The number of rotatable bonds is 5. The van der Waals surface area contributed by atoms with Gasteiger partial charge < -0.3 is 10.1 Å². The summed E-state index contributed by atoms with van der Waals surface area (Å²) in [6, 6.07) is 12.6. The molecule has 0 bridgehead atoms. The highest BCUT2D eigenvalue weighted by Crippen LogP contribution is 2.34. The number of benzene rings is 2. The van der Waals surface area contributed by atoms with E-state index in [0.717, 1.165) is 34.0 Å². The van der Waals surface area contributed by atoms with Gasteiger partial charge in [-0.15, -0.1) is 0 Å². The number of hydrogen-bond acceptors (Lipinski definition) is 2. The molecular weight excluding hydrogens is 282 g/mol. The third-order valence-electron chi connectivity index (χ3n) is 3.64. The first-order valence-corrected chi connectivity index (χ1v) is 7.62. The number of halogens is 1. The van der Waals surface area contributed by atoms with Gasteiger partial charge in [0.25, 0.3) is 0 Å². The average Bonchev–Trinajstić information content (AvgIpc) is 2.47. The molecule has 0 aliphatic carbocycles. The molecule has 2 nitrogen and oxygen atoms in total. The van der Waals surface area contributed by atoms with Gasteiger partial charge in [-0.05, 0) is 49.7 Å². The standard InChI is InChI=1S/C18H22ClNO/c1-5-20-13(3)15-8-7-14(11-17(15)19)16-10-12(2)6-9-18(16)21-4/h6-11,13,20H,5H2,1-4H3. The lowest BCUT2D eigenvalue weighted by Crippen LogP contribution is -2.17. The fraction of sp³-hybridized carbons (Fsp3) is 0.333. The summed E-state index contributed by atoms with van der Waals surface area (Å²) in [6.45, 7) is 7.21. The Hall–Kier alpha value is -1.51. The first-order valence-electron chi connectivity index (χ1n) is 7.24. The maximum absolute atomic E-state index is 6.46. The van der Waals surface area contributed by atoms with E-state index >= 15 is 0 Å². The maximum atomic E-state index is 6.46. The van der Waals surface area contributed by atoms with Crippen LogP contribution in [-0.2, 0) is 0 Å². The van der Waals surface area contributed by atoms with Crippen LogP contribution in [0.1, 0.15) is 31.0 Å². The van der Waals surface area contributed by atoms with Crippen molar-refractivity contribution in [2.45, 2.75) is 26.8 Å². The molecule has 0 amide bonds. The summed E-state index contributed by atoms with van der Waals surface area (Å²) in [6.07, 6.45) is 0. The summed E-state index contributed by atoms with van der Waals surface area (Å²) in [7, 11) is 1.69. The summed E-state index contributed by atoms with van der Waals surface area (Å²) in [5, 5.41) is 4.17. The predicted octanol–water partition coefficient (Wildman–Crippen LogP) is 4.99. The molecule has 0 aliphatic heterocycles. The molecule has 0 radical (unpaired) electrons. The molecule has 0 saturated heterocycles. The van der Waals surface area contributed by atoms with Gasteiger partial charge in [0.1, 0.15) is 5.75 Å². The molecule has 0 spiro atoms. The molecule has 0 aromatic heterocycles. The Morgan fingerprint density at radius 1 is 1.19 bits per heavy atom. The summed E-state index contributed by atoms with van der Waals surface area (Å²) < 4.78 is 5.46. The number of hydrogen-bond donors (Lipinski definition) is 1. The number of ether oxygens (including phenoxy) is 1. The Labute approximate surface area is 132 Å². The van der Waals surface area contributed by atoms with E-state index < -0.39 is 0 Å². The topological polar surface area (TPSA) is 21.3 Å². The lowest BCUT2D eigenvalue weighted by atomic mass is 9.99. The van der Waals surface area contributed by atoms with Crippen LogP contribution < -0.4 is 10.1 Å². The van der Waals surface area contributed by atoms with Gasteiger partial charge in [-0.2, -0.15) is 0 Å². The van der Waals surface area contributed by atoms with E-state index in [4.69, 9.17) is 16.3 Å². The summed E-state index contributed by atoms with van der Waals surface area (Å²) in [5.74, 6) is 0.865. The number of methoxy groups -OCH3 is 1. The Bertz CT molecular complexity index is 625. The van der Waals surface area contributed by atoms with Crippen molar-refractivity contribution in [1.29, 1.82) is 0 Å². The van der Waals surface area contributed by atoms with Crippen LogP contribution in [0, 0.1) is 6.92 Å². The van der Waals surface area contributed by atoms with Crippen molar-refractivity contribution in [1.82, 2.24) is 5.32 Å². The molecular formula is C18H22ClNO. The van der Waals surface area contributed by atoms with Crippen LogP contribution in [0.25, 0.3) is 11.1 Å². The first-order chi connectivity index (χ1) is 10.1. The van der Waals surface area contributed by atoms with E-state index in [1.165, 1.54) is 5.56 Å². The normalized spacial score (nSPS) is 12.2. The Balaban J connectivity index is 2.43. The molecule has 2 aromatic carbocycles. The van der Waals surface area contributed by atoms with Crippen LogP contribution in [0.4, 0.5) is 0 Å². The van der Waals surface area contributed by atoms with Gasteiger partial charge in [-0.25, -0.2) is 0 Å². The van der Waals surface area contributed by atoms with Crippen LogP contribution in [0.5, 0.6) is 5.75 Å². The van der Waals surface area contributed by atoms with E-state index in [2.05, 4.69) is 44.3 Å². The Morgan fingerprint density at radius 3 is 2.57 bits per heavy atom. The van der Waals surface area contributed by atoms with Crippen molar-refractivity contribution in [3.8, 4) is 16.9 Å². The zero-order valence-electron chi connectivity index (χ0n) is 13.0. The van der Waals surface area contributed by atoms with Crippen LogP contribution in [0.3, 0.4) is 0 Å². The molecule has 0 heterocycles. The number of aryl methyl sites for hydroxylation is 1. The minimum absolute atomic E-state index is 0.246. The lowest BCUT2D eigenvalue weighted by Gasteiger charge is -2.16. The highest BCUT2D eigenvalue weighted by Gasteiger charge is 2.12. The molecule has 0 fully saturated rings. The molecule has 3 heteroatoms. The monoisotopic (exact) mass is 303 g/mol. The second-order valence-corrected chi connectivity index (χ2v) is 5.63. The third-order valence-corrected chi connectivity index (χ3v) is 3.97. The predicted molar refractivity (Wildman–Crippen MR) is 90.3 cm³/mol.